The third kappa shape index (κ3) is 2.14. The molecule has 1 aromatic rings. The molecule has 20 heavy (non-hydrogen) atoms. The Morgan fingerprint density at radius 2 is 1.95 bits per heavy atom. The second kappa shape index (κ2) is 5.03. The first-order chi connectivity index (χ1) is 9.28. The highest BCUT2D eigenvalue weighted by Gasteiger charge is 2.52. The number of hydrogen-bond donors (Lipinski definition) is 0. The third-order valence-corrected chi connectivity index (χ3v) is 4.52. The van der Waals surface area contributed by atoms with E-state index in [1.54, 1.807) is 6.92 Å². The van der Waals surface area contributed by atoms with E-state index >= 15 is 0 Å². The fourth-order valence-electron chi connectivity index (χ4n) is 2.02. The van der Waals surface area contributed by atoms with Crippen LogP contribution in [0.2, 0.25) is 0 Å². The summed E-state index contributed by atoms with van der Waals surface area (Å²) in [7, 11) is 1.50. The van der Waals surface area contributed by atoms with Gasteiger partial charge < -0.3 is 0 Å². The molecule has 2 unspecified atom stereocenters. The quantitative estimate of drug-likeness (QED) is 0.489. The van der Waals surface area contributed by atoms with Crippen LogP contribution in [-0.2, 0) is 4.79 Å². The smallest absolute Gasteiger partial charge is 0.270 e. The number of nitrogens with zero attached hydrogens (tertiary/aromatic N) is 3. The van der Waals surface area contributed by atoms with Gasteiger partial charge >= 0.3 is 0 Å². The lowest BCUT2D eigenvalue weighted by atomic mass is 9.93. The van der Waals surface area contributed by atoms with E-state index < -0.39 is 21.1 Å². The predicted octanol–water partition coefficient (Wildman–Crippen LogP) is 2.70. The van der Waals surface area contributed by atoms with Gasteiger partial charge in [0.15, 0.2) is 4.87 Å². The van der Waals surface area contributed by atoms with Crippen molar-refractivity contribution in [2.75, 3.05) is 7.05 Å². The SMILES string of the molecule is CC1=NN(C)C(=O)C1(Cl)C(Cl)c1ccc([N+](=O)[O-])cc1. The summed E-state index contributed by atoms with van der Waals surface area (Å²) < 4.78 is 0. The van der Waals surface area contributed by atoms with Crippen molar-refractivity contribution in [1.29, 1.82) is 0 Å². The van der Waals surface area contributed by atoms with Gasteiger partial charge in [0.25, 0.3) is 11.6 Å². The van der Waals surface area contributed by atoms with Gasteiger partial charge in [-0.1, -0.05) is 23.7 Å². The molecular weight excluding hydrogens is 305 g/mol. The lowest BCUT2D eigenvalue weighted by Gasteiger charge is -2.25. The van der Waals surface area contributed by atoms with Crippen LogP contribution >= 0.6 is 23.2 Å². The standard InChI is InChI=1S/C12H11Cl2N3O3/c1-7-12(14,11(18)16(2)15-7)10(13)8-3-5-9(6-4-8)17(19)20/h3-6,10H,1-2H3. The molecule has 0 fully saturated rings. The molecule has 0 radical (unpaired) electrons. The Labute approximate surface area is 125 Å². The molecule has 0 N–H and O–H groups in total. The maximum Gasteiger partial charge on any atom is 0.271 e. The number of non-ortho nitro benzene ring substituents is 1. The predicted molar refractivity (Wildman–Crippen MR) is 76.2 cm³/mol. The van der Waals surface area contributed by atoms with E-state index in [0.29, 0.717) is 11.3 Å². The summed E-state index contributed by atoms with van der Waals surface area (Å²) in [5.41, 5.74) is 0.858. The number of rotatable bonds is 3. The normalized spacial score (nSPS) is 23.7. The first-order valence-electron chi connectivity index (χ1n) is 5.69. The second-order valence-electron chi connectivity index (χ2n) is 4.44. The van der Waals surface area contributed by atoms with Crippen LogP contribution in [0.3, 0.4) is 0 Å². The van der Waals surface area contributed by atoms with Crippen molar-refractivity contribution >= 4 is 40.5 Å². The minimum absolute atomic E-state index is 0.0542. The summed E-state index contributed by atoms with van der Waals surface area (Å²) in [6.45, 7) is 1.62. The summed E-state index contributed by atoms with van der Waals surface area (Å²) in [4.78, 5) is 20.8. The van der Waals surface area contributed by atoms with E-state index in [-0.39, 0.29) is 5.69 Å². The van der Waals surface area contributed by atoms with Crippen LogP contribution in [0.1, 0.15) is 17.9 Å². The molecule has 1 aliphatic heterocycles. The van der Waals surface area contributed by atoms with E-state index in [4.69, 9.17) is 23.2 Å². The monoisotopic (exact) mass is 315 g/mol. The van der Waals surface area contributed by atoms with Gasteiger partial charge in [0, 0.05) is 19.2 Å². The molecule has 1 heterocycles. The van der Waals surface area contributed by atoms with Crippen LogP contribution in [0, 0.1) is 10.1 Å². The average molecular weight is 316 g/mol. The minimum Gasteiger partial charge on any atom is -0.270 e. The molecule has 2 rings (SSSR count). The van der Waals surface area contributed by atoms with E-state index in [1.165, 1.54) is 31.3 Å². The topological polar surface area (TPSA) is 75.8 Å². The van der Waals surface area contributed by atoms with Gasteiger partial charge in [-0.25, -0.2) is 5.01 Å². The van der Waals surface area contributed by atoms with Crippen molar-refractivity contribution in [1.82, 2.24) is 5.01 Å². The van der Waals surface area contributed by atoms with Gasteiger partial charge in [0.1, 0.15) is 0 Å². The molecule has 2 atom stereocenters. The zero-order valence-electron chi connectivity index (χ0n) is 10.7. The number of carbonyl (C=O) groups excluding carboxylic acids is 1. The Morgan fingerprint density at radius 3 is 2.35 bits per heavy atom. The maximum atomic E-state index is 12.1. The highest BCUT2D eigenvalue weighted by atomic mass is 35.5. The summed E-state index contributed by atoms with van der Waals surface area (Å²) in [5.74, 6) is -0.421. The number of alkyl halides is 2. The summed E-state index contributed by atoms with van der Waals surface area (Å²) in [6, 6.07) is 5.61. The summed E-state index contributed by atoms with van der Waals surface area (Å²) in [6.07, 6.45) is 0. The van der Waals surface area contributed by atoms with Gasteiger partial charge in [0.2, 0.25) is 0 Å². The maximum absolute atomic E-state index is 12.1. The van der Waals surface area contributed by atoms with Crippen molar-refractivity contribution in [2.45, 2.75) is 17.2 Å². The van der Waals surface area contributed by atoms with Crippen molar-refractivity contribution in [3.8, 4) is 0 Å². The van der Waals surface area contributed by atoms with Gasteiger partial charge in [0.05, 0.1) is 16.0 Å². The van der Waals surface area contributed by atoms with Crippen molar-refractivity contribution < 1.29 is 9.72 Å². The zero-order valence-corrected chi connectivity index (χ0v) is 12.2. The minimum atomic E-state index is -1.47. The number of carbonyl (C=O) groups is 1. The molecule has 0 bridgehead atoms. The number of benzene rings is 1. The van der Waals surface area contributed by atoms with Crippen LogP contribution < -0.4 is 0 Å². The number of hydrazone groups is 1. The van der Waals surface area contributed by atoms with Crippen LogP contribution in [-0.4, -0.2) is 33.5 Å². The Kier molecular flexibility index (Phi) is 3.71. The fourth-order valence-corrected chi connectivity index (χ4v) is 2.70. The molecule has 1 aromatic carbocycles. The van der Waals surface area contributed by atoms with Crippen LogP contribution in [0.4, 0.5) is 5.69 Å². The number of nitro groups is 1. The Morgan fingerprint density at radius 1 is 1.40 bits per heavy atom. The lowest BCUT2D eigenvalue weighted by Crippen LogP contribution is -2.43. The van der Waals surface area contributed by atoms with Crippen molar-refractivity contribution in [3.05, 3.63) is 39.9 Å². The molecular formula is C12H11Cl2N3O3. The van der Waals surface area contributed by atoms with Gasteiger partial charge in [-0.05, 0) is 12.5 Å². The molecule has 1 aliphatic rings. The Bertz CT molecular complexity index is 602. The highest BCUT2D eigenvalue weighted by Crippen LogP contribution is 2.43. The van der Waals surface area contributed by atoms with E-state index in [1.807, 2.05) is 0 Å². The van der Waals surface area contributed by atoms with Gasteiger partial charge in [-0.2, -0.15) is 5.10 Å². The van der Waals surface area contributed by atoms with E-state index in [0.717, 1.165) is 5.01 Å². The Balaban J connectivity index is 2.36. The number of halogens is 2. The summed E-state index contributed by atoms with van der Waals surface area (Å²) >= 11 is 12.7. The molecule has 106 valence electrons. The molecule has 0 spiro atoms. The van der Waals surface area contributed by atoms with Gasteiger partial charge in [-0.15, -0.1) is 11.6 Å². The molecule has 0 saturated carbocycles. The second-order valence-corrected chi connectivity index (χ2v) is 5.47. The third-order valence-electron chi connectivity index (χ3n) is 3.18. The van der Waals surface area contributed by atoms with Crippen LogP contribution in [0.15, 0.2) is 29.4 Å². The highest BCUT2D eigenvalue weighted by molar-refractivity contribution is 6.52. The molecule has 1 amide bonds. The molecule has 0 aromatic heterocycles. The zero-order chi connectivity index (χ0) is 15.1. The summed E-state index contributed by atoms with van der Waals surface area (Å²) in [5, 5.41) is 14.9. The number of nitro benzene ring substituents is 1. The average Bonchev–Trinajstić information content (AvgIpc) is 2.62. The first-order valence-corrected chi connectivity index (χ1v) is 6.51. The van der Waals surface area contributed by atoms with Gasteiger partial charge in [-0.3, -0.25) is 14.9 Å². The van der Waals surface area contributed by atoms with Crippen molar-refractivity contribution in [3.63, 3.8) is 0 Å². The molecule has 0 aliphatic carbocycles. The van der Waals surface area contributed by atoms with E-state index in [9.17, 15) is 14.9 Å². The number of amides is 1. The van der Waals surface area contributed by atoms with E-state index in [2.05, 4.69) is 5.10 Å². The molecule has 0 saturated heterocycles. The molecule has 6 nitrogen and oxygen atoms in total. The lowest BCUT2D eigenvalue weighted by molar-refractivity contribution is -0.384. The van der Waals surface area contributed by atoms with Crippen LogP contribution in [0.25, 0.3) is 0 Å². The number of hydrogen-bond acceptors (Lipinski definition) is 4. The first kappa shape index (κ1) is 14.7. The Hall–Kier alpha value is -1.66. The molecule has 8 heteroatoms. The van der Waals surface area contributed by atoms with Crippen LogP contribution in [0.5, 0.6) is 0 Å². The van der Waals surface area contributed by atoms with Crippen molar-refractivity contribution in [2.24, 2.45) is 5.10 Å². The largest absolute Gasteiger partial charge is 0.271 e. The fraction of sp³-hybridized carbons (Fsp3) is 0.333.